The van der Waals surface area contributed by atoms with Crippen molar-refractivity contribution in [2.24, 2.45) is 5.73 Å². The number of nitrogens with one attached hydrogen (secondary N) is 1. The summed E-state index contributed by atoms with van der Waals surface area (Å²) in [6.45, 7) is 0.230. The van der Waals surface area contributed by atoms with Crippen molar-refractivity contribution in [2.45, 2.75) is 12.8 Å². The van der Waals surface area contributed by atoms with E-state index in [9.17, 15) is 18.0 Å². The number of nitrogens with zero attached hydrogens (tertiary/aromatic N) is 2. The molecule has 9 heteroatoms. The number of carbonyl (C=O) groups excluding carboxylic acids is 1. The molecule has 0 saturated carbocycles. The molecular formula is C9H12N4O4S. The predicted octanol–water partition coefficient (Wildman–Crippen LogP) is -1.20. The van der Waals surface area contributed by atoms with Crippen LogP contribution in [0.3, 0.4) is 0 Å². The monoisotopic (exact) mass is 272 g/mol. The lowest BCUT2D eigenvalue weighted by Crippen LogP contribution is -2.40. The maximum absolute atomic E-state index is 11.8. The Kier molecular flexibility index (Phi) is 3.07. The SMILES string of the molecule is NC(=O)c1cc(=O)[nH]c(N2CCCCS2(=O)=O)n1. The third kappa shape index (κ3) is 2.35. The molecule has 2 heterocycles. The van der Waals surface area contributed by atoms with Crippen LogP contribution in [0.15, 0.2) is 10.9 Å². The molecule has 1 aliphatic rings. The molecule has 0 radical (unpaired) electrons. The Morgan fingerprint density at radius 1 is 1.44 bits per heavy atom. The normalized spacial score (nSPS) is 18.6. The van der Waals surface area contributed by atoms with Gasteiger partial charge in [-0.25, -0.2) is 17.7 Å². The number of aromatic amines is 1. The van der Waals surface area contributed by atoms with E-state index in [1.165, 1.54) is 0 Å². The molecule has 1 aliphatic heterocycles. The van der Waals surface area contributed by atoms with Crippen LogP contribution in [0.25, 0.3) is 0 Å². The van der Waals surface area contributed by atoms with Crippen LogP contribution in [0.1, 0.15) is 23.3 Å². The summed E-state index contributed by atoms with van der Waals surface area (Å²) in [6, 6.07) is 0.933. The van der Waals surface area contributed by atoms with E-state index in [0.29, 0.717) is 12.8 Å². The Morgan fingerprint density at radius 3 is 2.78 bits per heavy atom. The number of carbonyl (C=O) groups is 1. The molecule has 1 amide bonds. The van der Waals surface area contributed by atoms with Crippen molar-refractivity contribution in [1.29, 1.82) is 0 Å². The van der Waals surface area contributed by atoms with Gasteiger partial charge in [0.2, 0.25) is 16.0 Å². The summed E-state index contributed by atoms with van der Waals surface area (Å²) in [4.78, 5) is 28.4. The molecule has 0 aliphatic carbocycles. The van der Waals surface area contributed by atoms with Gasteiger partial charge in [0, 0.05) is 12.6 Å². The van der Waals surface area contributed by atoms with E-state index in [0.717, 1.165) is 10.4 Å². The van der Waals surface area contributed by atoms with Crippen molar-refractivity contribution in [3.8, 4) is 0 Å². The molecule has 98 valence electrons. The van der Waals surface area contributed by atoms with Crippen molar-refractivity contribution in [3.05, 3.63) is 22.1 Å². The fraction of sp³-hybridized carbons (Fsp3) is 0.444. The van der Waals surface area contributed by atoms with Crippen molar-refractivity contribution < 1.29 is 13.2 Å². The highest BCUT2D eigenvalue weighted by molar-refractivity contribution is 7.92. The van der Waals surface area contributed by atoms with E-state index in [2.05, 4.69) is 9.97 Å². The minimum absolute atomic E-state index is 0.00247. The summed E-state index contributed by atoms with van der Waals surface area (Å²) in [5.41, 5.74) is 4.16. The Bertz CT molecular complexity index is 636. The quantitative estimate of drug-likeness (QED) is 0.699. The van der Waals surface area contributed by atoms with Gasteiger partial charge >= 0.3 is 0 Å². The van der Waals surface area contributed by atoms with Crippen molar-refractivity contribution in [1.82, 2.24) is 9.97 Å². The van der Waals surface area contributed by atoms with Gasteiger partial charge < -0.3 is 5.73 Å². The first-order valence-corrected chi connectivity index (χ1v) is 6.93. The minimum atomic E-state index is -3.49. The molecule has 0 spiro atoms. The van der Waals surface area contributed by atoms with Gasteiger partial charge in [-0.1, -0.05) is 0 Å². The lowest BCUT2D eigenvalue weighted by molar-refractivity contribution is 0.0995. The number of amides is 1. The Balaban J connectivity index is 2.50. The molecule has 0 atom stereocenters. The number of hydrogen-bond acceptors (Lipinski definition) is 5. The number of primary amides is 1. The molecule has 0 aromatic carbocycles. The van der Waals surface area contributed by atoms with E-state index in [-0.39, 0.29) is 23.9 Å². The van der Waals surface area contributed by atoms with Crippen LogP contribution in [0.2, 0.25) is 0 Å². The second-order valence-corrected chi connectivity index (χ2v) is 5.93. The van der Waals surface area contributed by atoms with Crippen LogP contribution in [0.5, 0.6) is 0 Å². The molecule has 0 unspecified atom stereocenters. The maximum Gasteiger partial charge on any atom is 0.267 e. The van der Waals surface area contributed by atoms with Crippen molar-refractivity contribution in [3.63, 3.8) is 0 Å². The lowest BCUT2D eigenvalue weighted by Gasteiger charge is -2.26. The van der Waals surface area contributed by atoms with E-state index in [1.54, 1.807) is 0 Å². The topological polar surface area (TPSA) is 126 Å². The van der Waals surface area contributed by atoms with Gasteiger partial charge in [0.15, 0.2) is 0 Å². The molecule has 8 nitrogen and oxygen atoms in total. The number of sulfonamides is 1. The molecule has 1 saturated heterocycles. The summed E-state index contributed by atoms with van der Waals surface area (Å²) < 4.78 is 24.6. The highest BCUT2D eigenvalue weighted by Crippen LogP contribution is 2.18. The molecule has 3 N–H and O–H groups in total. The van der Waals surface area contributed by atoms with Gasteiger partial charge in [-0.3, -0.25) is 14.6 Å². The van der Waals surface area contributed by atoms with E-state index < -0.39 is 21.5 Å². The second-order valence-electron chi connectivity index (χ2n) is 3.91. The number of H-pyrrole nitrogens is 1. The Labute approximate surface area is 103 Å². The largest absolute Gasteiger partial charge is 0.364 e. The third-order valence-electron chi connectivity index (χ3n) is 2.57. The Hall–Kier alpha value is -1.90. The lowest BCUT2D eigenvalue weighted by atomic mass is 10.3. The average molecular weight is 272 g/mol. The summed E-state index contributed by atoms with van der Waals surface area (Å²) in [5, 5.41) is 0. The van der Waals surface area contributed by atoms with Crippen LogP contribution < -0.4 is 15.6 Å². The number of anilines is 1. The third-order valence-corrected chi connectivity index (χ3v) is 4.40. The van der Waals surface area contributed by atoms with Gasteiger partial charge in [0.25, 0.3) is 11.5 Å². The highest BCUT2D eigenvalue weighted by Gasteiger charge is 2.28. The van der Waals surface area contributed by atoms with E-state index in [4.69, 9.17) is 5.73 Å². The fourth-order valence-electron chi connectivity index (χ4n) is 1.72. The summed E-state index contributed by atoms with van der Waals surface area (Å²) >= 11 is 0. The standard InChI is InChI=1S/C9H12N4O4S/c10-8(15)6-5-7(14)12-9(11-6)13-3-1-2-4-18(13,16)17/h5H,1-4H2,(H2,10,15)(H,11,12,14). The molecule has 2 rings (SSSR count). The first kappa shape index (κ1) is 12.6. The molecule has 1 aromatic heterocycles. The van der Waals surface area contributed by atoms with E-state index in [1.807, 2.05) is 0 Å². The fourth-order valence-corrected chi connectivity index (χ4v) is 3.26. The summed E-state index contributed by atoms with van der Waals surface area (Å²) in [6.07, 6.45) is 1.24. The van der Waals surface area contributed by atoms with Crippen LogP contribution in [0, 0.1) is 0 Å². The Morgan fingerprint density at radius 2 is 2.17 bits per heavy atom. The number of rotatable bonds is 2. The van der Waals surface area contributed by atoms with Crippen LogP contribution in [-0.2, 0) is 10.0 Å². The minimum Gasteiger partial charge on any atom is -0.364 e. The first-order valence-electron chi connectivity index (χ1n) is 5.32. The van der Waals surface area contributed by atoms with Crippen molar-refractivity contribution in [2.75, 3.05) is 16.6 Å². The zero-order valence-electron chi connectivity index (χ0n) is 9.42. The first-order chi connectivity index (χ1) is 8.40. The number of aromatic nitrogens is 2. The van der Waals surface area contributed by atoms with Gasteiger partial charge in [0.05, 0.1) is 5.75 Å². The summed E-state index contributed by atoms with van der Waals surface area (Å²) in [7, 11) is -3.49. The average Bonchev–Trinajstić information content (AvgIpc) is 2.27. The van der Waals surface area contributed by atoms with Gasteiger partial charge in [-0.15, -0.1) is 0 Å². The van der Waals surface area contributed by atoms with Crippen LogP contribution in [0.4, 0.5) is 5.95 Å². The molecule has 1 aromatic rings. The molecule has 0 bridgehead atoms. The molecule has 1 fully saturated rings. The van der Waals surface area contributed by atoms with Crippen molar-refractivity contribution >= 4 is 21.9 Å². The molecule has 18 heavy (non-hydrogen) atoms. The van der Waals surface area contributed by atoms with E-state index >= 15 is 0 Å². The number of nitrogens with two attached hydrogens (primary N) is 1. The van der Waals surface area contributed by atoms with Gasteiger partial charge in [-0.05, 0) is 12.8 Å². The predicted molar refractivity (Wildman–Crippen MR) is 63.7 cm³/mol. The molecular weight excluding hydrogens is 260 g/mol. The number of hydrogen-bond donors (Lipinski definition) is 2. The second kappa shape index (κ2) is 4.41. The summed E-state index contributed by atoms with van der Waals surface area (Å²) in [5.74, 6) is -1.04. The highest BCUT2D eigenvalue weighted by atomic mass is 32.2. The van der Waals surface area contributed by atoms with Gasteiger partial charge in [-0.2, -0.15) is 0 Å². The van der Waals surface area contributed by atoms with Crippen LogP contribution >= 0.6 is 0 Å². The van der Waals surface area contributed by atoms with Crippen LogP contribution in [-0.4, -0.2) is 36.6 Å². The van der Waals surface area contributed by atoms with Gasteiger partial charge in [0.1, 0.15) is 5.69 Å². The smallest absolute Gasteiger partial charge is 0.267 e. The maximum atomic E-state index is 11.8. The zero-order valence-corrected chi connectivity index (χ0v) is 10.2. The zero-order chi connectivity index (χ0) is 13.3.